The van der Waals surface area contributed by atoms with Gasteiger partial charge < -0.3 is 23.8 Å². The Balaban J connectivity index is 1.87. The monoisotopic (exact) mass is 368 g/mol. The van der Waals surface area contributed by atoms with E-state index in [2.05, 4.69) is 30.9 Å². The molecule has 4 rings (SSSR count). The van der Waals surface area contributed by atoms with Crippen LogP contribution in [0.2, 0.25) is 0 Å². The van der Waals surface area contributed by atoms with Crippen molar-refractivity contribution in [2.75, 3.05) is 33.3 Å². The third-order valence-corrected chi connectivity index (χ3v) is 5.74. The smallest absolute Gasteiger partial charge is 0.228 e. The summed E-state index contributed by atoms with van der Waals surface area (Å²) in [6.45, 7) is 4.31. The molecule has 1 unspecified atom stereocenters. The van der Waals surface area contributed by atoms with Crippen LogP contribution < -0.4 is 23.8 Å². The standard InChI is InChI=1S/C21H24N2O4/c1-20(2)15-9-13(24-4)7-8-16(15)23(3)21(20)12-22-19-17(26-6)10-14(25-5)11-18(19)27-21/h7-12H,1-6H3. The SMILES string of the molecule is COc1cc(OC)c2c(c1)OC1(C=N2)N(C)c2ccc(OC)cc2C1(C)C. The molecule has 0 N–H and O–H groups in total. The number of aliphatic imine (C=N–C) groups is 1. The fourth-order valence-electron chi connectivity index (χ4n) is 4.05. The van der Waals surface area contributed by atoms with Gasteiger partial charge in [-0.15, -0.1) is 0 Å². The average molecular weight is 368 g/mol. The quantitative estimate of drug-likeness (QED) is 0.822. The van der Waals surface area contributed by atoms with Crippen molar-refractivity contribution in [3.05, 3.63) is 35.9 Å². The van der Waals surface area contributed by atoms with Gasteiger partial charge in [0.15, 0.2) is 11.5 Å². The van der Waals surface area contributed by atoms with Gasteiger partial charge in [-0.25, -0.2) is 4.99 Å². The molecule has 0 saturated carbocycles. The molecule has 142 valence electrons. The van der Waals surface area contributed by atoms with E-state index in [1.807, 2.05) is 25.4 Å². The van der Waals surface area contributed by atoms with Crippen LogP contribution in [0.5, 0.6) is 23.0 Å². The highest BCUT2D eigenvalue weighted by Gasteiger charge is 2.58. The van der Waals surface area contributed by atoms with Crippen molar-refractivity contribution >= 4 is 17.6 Å². The second-order valence-electron chi connectivity index (χ2n) is 7.30. The van der Waals surface area contributed by atoms with Gasteiger partial charge in [-0.2, -0.15) is 0 Å². The molecule has 1 spiro atoms. The molecule has 0 radical (unpaired) electrons. The number of anilines is 1. The highest BCUT2D eigenvalue weighted by molar-refractivity contribution is 5.89. The molecular formula is C21H24N2O4. The number of hydrogen-bond acceptors (Lipinski definition) is 6. The summed E-state index contributed by atoms with van der Waals surface area (Å²) >= 11 is 0. The zero-order valence-electron chi connectivity index (χ0n) is 16.5. The molecule has 0 bridgehead atoms. The minimum Gasteiger partial charge on any atom is -0.497 e. The van der Waals surface area contributed by atoms with Crippen molar-refractivity contribution in [3.8, 4) is 23.0 Å². The first kappa shape index (κ1) is 17.5. The van der Waals surface area contributed by atoms with E-state index in [4.69, 9.17) is 23.9 Å². The van der Waals surface area contributed by atoms with E-state index in [1.54, 1.807) is 27.4 Å². The maximum Gasteiger partial charge on any atom is 0.228 e. The van der Waals surface area contributed by atoms with Gasteiger partial charge in [-0.3, -0.25) is 0 Å². The molecule has 27 heavy (non-hydrogen) atoms. The molecular weight excluding hydrogens is 344 g/mol. The topological polar surface area (TPSA) is 52.5 Å². The van der Waals surface area contributed by atoms with Crippen LogP contribution >= 0.6 is 0 Å². The van der Waals surface area contributed by atoms with Gasteiger partial charge >= 0.3 is 0 Å². The van der Waals surface area contributed by atoms with Gasteiger partial charge in [0.1, 0.15) is 17.2 Å². The molecule has 1 atom stereocenters. The summed E-state index contributed by atoms with van der Waals surface area (Å²) in [5.41, 5.74) is 1.76. The summed E-state index contributed by atoms with van der Waals surface area (Å²) in [6.07, 6.45) is 1.87. The van der Waals surface area contributed by atoms with Crippen LogP contribution in [-0.2, 0) is 5.41 Å². The fourth-order valence-corrected chi connectivity index (χ4v) is 4.05. The number of ether oxygens (including phenoxy) is 4. The Morgan fingerprint density at radius 1 is 0.963 bits per heavy atom. The van der Waals surface area contributed by atoms with E-state index in [0.29, 0.717) is 22.9 Å². The molecule has 2 aliphatic rings. The Morgan fingerprint density at radius 3 is 2.37 bits per heavy atom. The first-order valence-electron chi connectivity index (χ1n) is 8.80. The Kier molecular flexibility index (Phi) is 3.77. The molecule has 0 fully saturated rings. The molecule has 0 saturated heterocycles. The maximum atomic E-state index is 6.62. The largest absolute Gasteiger partial charge is 0.497 e. The number of benzene rings is 2. The lowest BCUT2D eigenvalue weighted by molar-refractivity contribution is 0.0818. The van der Waals surface area contributed by atoms with Crippen LogP contribution in [0.3, 0.4) is 0 Å². The molecule has 2 aromatic carbocycles. The number of methoxy groups -OCH3 is 3. The van der Waals surface area contributed by atoms with Crippen molar-refractivity contribution in [1.82, 2.24) is 0 Å². The first-order valence-corrected chi connectivity index (χ1v) is 8.80. The predicted molar refractivity (Wildman–Crippen MR) is 105 cm³/mol. The molecule has 6 heteroatoms. The maximum absolute atomic E-state index is 6.62. The van der Waals surface area contributed by atoms with E-state index < -0.39 is 5.72 Å². The lowest BCUT2D eigenvalue weighted by Gasteiger charge is -2.44. The van der Waals surface area contributed by atoms with Crippen molar-refractivity contribution in [2.45, 2.75) is 25.0 Å². The van der Waals surface area contributed by atoms with Crippen LogP contribution in [-0.4, -0.2) is 40.3 Å². The summed E-state index contributed by atoms with van der Waals surface area (Å²) in [5, 5.41) is 0. The normalized spacial score (nSPS) is 21.5. The van der Waals surface area contributed by atoms with Gasteiger partial charge in [0.25, 0.3) is 0 Å². The van der Waals surface area contributed by atoms with E-state index in [-0.39, 0.29) is 5.41 Å². The van der Waals surface area contributed by atoms with E-state index in [1.165, 1.54) is 0 Å². The predicted octanol–water partition coefficient (Wildman–Crippen LogP) is 3.93. The second kappa shape index (κ2) is 5.81. The highest BCUT2D eigenvalue weighted by atomic mass is 16.5. The molecule has 6 nitrogen and oxygen atoms in total. The molecule has 2 aromatic rings. The lowest BCUT2D eigenvalue weighted by atomic mass is 9.77. The van der Waals surface area contributed by atoms with Crippen LogP contribution in [0.15, 0.2) is 35.3 Å². The number of fused-ring (bicyclic) bond motifs is 2. The number of likely N-dealkylation sites (N-methyl/N-ethyl adjacent to an activating group) is 1. The summed E-state index contributed by atoms with van der Waals surface area (Å²) in [6, 6.07) is 9.75. The minimum atomic E-state index is -0.772. The lowest BCUT2D eigenvalue weighted by Crippen LogP contribution is -2.61. The van der Waals surface area contributed by atoms with Crippen LogP contribution in [0.1, 0.15) is 19.4 Å². The van der Waals surface area contributed by atoms with Crippen LogP contribution in [0, 0.1) is 0 Å². The van der Waals surface area contributed by atoms with Gasteiger partial charge in [0.2, 0.25) is 5.72 Å². The van der Waals surface area contributed by atoms with Crippen LogP contribution in [0.4, 0.5) is 11.4 Å². The molecule has 2 heterocycles. The Bertz CT molecular complexity index is 938. The van der Waals surface area contributed by atoms with Gasteiger partial charge in [-0.1, -0.05) is 0 Å². The highest BCUT2D eigenvalue weighted by Crippen LogP contribution is 2.55. The van der Waals surface area contributed by atoms with Crippen molar-refractivity contribution in [1.29, 1.82) is 0 Å². The molecule has 0 aromatic heterocycles. The molecule has 0 aliphatic carbocycles. The van der Waals surface area contributed by atoms with Crippen LogP contribution in [0.25, 0.3) is 0 Å². The number of hydrogen-bond donors (Lipinski definition) is 0. The third-order valence-electron chi connectivity index (χ3n) is 5.74. The van der Waals surface area contributed by atoms with Crippen molar-refractivity contribution in [2.24, 2.45) is 4.99 Å². The van der Waals surface area contributed by atoms with E-state index in [9.17, 15) is 0 Å². The minimum absolute atomic E-state index is 0.372. The van der Waals surface area contributed by atoms with Gasteiger partial charge in [-0.05, 0) is 37.6 Å². The average Bonchev–Trinajstić information content (AvgIpc) is 2.84. The molecule has 0 amide bonds. The fraction of sp³-hybridized carbons (Fsp3) is 0.381. The third kappa shape index (κ3) is 2.22. The Morgan fingerprint density at radius 2 is 1.70 bits per heavy atom. The van der Waals surface area contributed by atoms with Crippen molar-refractivity contribution < 1.29 is 18.9 Å². The van der Waals surface area contributed by atoms with E-state index >= 15 is 0 Å². The first-order chi connectivity index (χ1) is 12.9. The Hall–Kier alpha value is -2.89. The number of nitrogens with zero attached hydrogens (tertiary/aromatic N) is 2. The van der Waals surface area contributed by atoms with Crippen molar-refractivity contribution in [3.63, 3.8) is 0 Å². The summed E-state index contributed by atoms with van der Waals surface area (Å²) in [7, 11) is 6.94. The van der Waals surface area contributed by atoms with E-state index in [0.717, 1.165) is 17.0 Å². The number of rotatable bonds is 3. The zero-order valence-corrected chi connectivity index (χ0v) is 16.5. The summed E-state index contributed by atoms with van der Waals surface area (Å²) in [5.74, 6) is 2.74. The summed E-state index contributed by atoms with van der Waals surface area (Å²) < 4.78 is 22.9. The Labute approximate surface area is 159 Å². The second-order valence-corrected chi connectivity index (χ2v) is 7.30. The zero-order chi connectivity index (χ0) is 19.4. The summed E-state index contributed by atoms with van der Waals surface area (Å²) in [4.78, 5) is 6.87. The van der Waals surface area contributed by atoms with Gasteiger partial charge in [0, 0.05) is 24.9 Å². The molecule has 2 aliphatic heterocycles. The van der Waals surface area contributed by atoms with Gasteiger partial charge in [0.05, 0.1) is 33.0 Å².